The Morgan fingerprint density at radius 1 is 0.933 bits per heavy atom. The lowest BCUT2D eigenvalue weighted by Crippen LogP contribution is -2.53. The van der Waals surface area contributed by atoms with Crippen LogP contribution in [0, 0.1) is 35.0 Å². The summed E-state index contributed by atoms with van der Waals surface area (Å²) in [6, 6.07) is 0. The van der Waals surface area contributed by atoms with Crippen LogP contribution in [-0.4, -0.2) is 11.8 Å². The highest BCUT2D eigenvalue weighted by Gasteiger charge is 2.67. The van der Waals surface area contributed by atoms with Crippen molar-refractivity contribution in [1.29, 1.82) is 0 Å². The van der Waals surface area contributed by atoms with E-state index in [1.165, 1.54) is 12.8 Å². The highest BCUT2D eigenvalue weighted by molar-refractivity contribution is 5.28. The molecule has 0 aromatic carbocycles. The van der Waals surface area contributed by atoms with Gasteiger partial charge in [0.1, 0.15) is 5.67 Å². The van der Waals surface area contributed by atoms with E-state index in [2.05, 4.69) is 20.4 Å². The third-order valence-corrected chi connectivity index (χ3v) is 8.58. The van der Waals surface area contributed by atoms with Gasteiger partial charge in [0.05, 0.1) is 5.57 Å². The van der Waals surface area contributed by atoms with Gasteiger partial charge in [-0.25, -0.2) is 4.39 Å². The van der Waals surface area contributed by atoms with Crippen LogP contribution in [0.2, 0.25) is 0 Å². The van der Waals surface area contributed by atoms with Crippen LogP contribution in [-0.2, 0) is 0 Å². The van der Waals surface area contributed by atoms with Crippen molar-refractivity contribution in [1.82, 2.24) is 0 Å². The average molecular weight is 435 g/mol. The lowest BCUT2D eigenvalue weighted by Gasteiger charge is -2.56. The second kappa shape index (κ2) is 10.9. The van der Waals surface area contributed by atoms with Crippen LogP contribution in [0.1, 0.15) is 106 Å². The molecule has 0 saturated heterocycles. The number of fused-ring (bicyclic) bond motifs is 3. The van der Waals surface area contributed by atoms with Gasteiger partial charge in [-0.05, 0) is 68.1 Å². The first-order valence-corrected chi connectivity index (χ1v) is 12.6. The lowest BCUT2D eigenvalue weighted by atomic mass is 9.50. The highest BCUT2D eigenvalue weighted by atomic mass is 19.4. The summed E-state index contributed by atoms with van der Waals surface area (Å²) in [5.41, 5.74) is -4.33. The Balaban J connectivity index is 0.00000106. The third kappa shape index (κ3) is 4.63. The Morgan fingerprint density at radius 2 is 1.53 bits per heavy atom. The fourth-order valence-electron chi connectivity index (χ4n) is 7.23. The predicted molar refractivity (Wildman–Crippen MR) is 120 cm³/mol. The normalized spacial score (nSPS) is 40.2. The fraction of sp³-hybridized carbons (Fsp3) is 0.923. The van der Waals surface area contributed by atoms with Crippen LogP contribution >= 0.6 is 0 Å². The molecule has 178 valence electrons. The molecular formula is C26H46F4. The zero-order valence-corrected chi connectivity index (χ0v) is 20.5. The van der Waals surface area contributed by atoms with Crippen LogP contribution in [0.4, 0.5) is 17.6 Å². The summed E-state index contributed by atoms with van der Waals surface area (Å²) in [5.74, 6) is 2.46. The molecule has 0 aromatic heterocycles. The zero-order valence-electron chi connectivity index (χ0n) is 20.5. The number of alkyl halides is 4. The molecule has 0 radical (unpaired) electrons. The van der Waals surface area contributed by atoms with Gasteiger partial charge in [0.25, 0.3) is 0 Å². The van der Waals surface area contributed by atoms with Crippen LogP contribution in [0.25, 0.3) is 0 Å². The third-order valence-electron chi connectivity index (χ3n) is 8.58. The molecule has 7 unspecified atom stereocenters. The predicted octanol–water partition coefficient (Wildman–Crippen LogP) is 9.54. The second-order valence-corrected chi connectivity index (χ2v) is 9.40. The minimum absolute atomic E-state index is 0.00855. The van der Waals surface area contributed by atoms with E-state index in [1.807, 2.05) is 27.7 Å². The van der Waals surface area contributed by atoms with E-state index in [1.54, 1.807) is 6.92 Å². The Kier molecular flexibility index (Phi) is 9.95. The Labute approximate surface area is 183 Å². The van der Waals surface area contributed by atoms with E-state index in [4.69, 9.17) is 0 Å². The van der Waals surface area contributed by atoms with Crippen LogP contribution in [0.5, 0.6) is 0 Å². The van der Waals surface area contributed by atoms with Crippen LogP contribution in [0.15, 0.2) is 12.2 Å². The van der Waals surface area contributed by atoms with Crippen molar-refractivity contribution in [3.8, 4) is 0 Å². The first-order chi connectivity index (χ1) is 14.1. The minimum atomic E-state index is -4.64. The van der Waals surface area contributed by atoms with E-state index in [9.17, 15) is 13.2 Å². The van der Waals surface area contributed by atoms with Gasteiger partial charge in [0, 0.05) is 5.41 Å². The summed E-state index contributed by atoms with van der Waals surface area (Å²) in [7, 11) is 0. The van der Waals surface area contributed by atoms with Crippen molar-refractivity contribution >= 4 is 0 Å². The van der Waals surface area contributed by atoms with Crippen molar-refractivity contribution in [3.63, 3.8) is 0 Å². The SMILES string of the molecule is C=C(C(F)(F)F)C1(F)CCC2C3CCC(CC)C(CCC)C3CCC21C.CC.CC. The Morgan fingerprint density at radius 3 is 2.03 bits per heavy atom. The monoisotopic (exact) mass is 434 g/mol. The van der Waals surface area contributed by atoms with Crippen molar-refractivity contribution in [3.05, 3.63) is 12.2 Å². The molecule has 3 fully saturated rings. The van der Waals surface area contributed by atoms with E-state index < -0.39 is 22.8 Å². The number of hydrogen-bond donors (Lipinski definition) is 0. The molecule has 0 aromatic rings. The number of halogens is 4. The summed E-state index contributed by atoms with van der Waals surface area (Å²) < 4.78 is 55.8. The quantitative estimate of drug-likeness (QED) is 0.305. The lowest BCUT2D eigenvalue weighted by molar-refractivity contribution is -0.137. The molecule has 0 N–H and O–H groups in total. The van der Waals surface area contributed by atoms with E-state index in [0.717, 1.165) is 31.6 Å². The first kappa shape index (κ1) is 27.5. The highest BCUT2D eigenvalue weighted by Crippen LogP contribution is 2.68. The van der Waals surface area contributed by atoms with E-state index in [0.29, 0.717) is 30.6 Å². The smallest absolute Gasteiger partial charge is 0.238 e. The van der Waals surface area contributed by atoms with Gasteiger partial charge in [-0.3, -0.25) is 0 Å². The molecule has 3 saturated carbocycles. The molecule has 3 aliphatic carbocycles. The number of allylic oxidation sites excluding steroid dienone is 1. The number of hydrogen-bond acceptors (Lipinski definition) is 0. The molecule has 3 rings (SSSR count). The molecule has 0 bridgehead atoms. The Bertz CT molecular complexity index is 540. The van der Waals surface area contributed by atoms with Gasteiger partial charge in [-0.2, -0.15) is 13.2 Å². The van der Waals surface area contributed by atoms with E-state index >= 15 is 4.39 Å². The summed E-state index contributed by atoms with van der Waals surface area (Å²) in [5, 5.41) is 0. The second-order valence-electron chi connectivity index (χ2n) is 9.40. The largest absolute Gasteiger partial charge is 0.415 e. The summed E-state index contributed by atoms with van der Waals surface area (Å²) in [6.07, 6.45) is 3.17. The van der Waals surface area contributed by atoms with Gasteiger partial charge in [-0.1, -0.05) is 74.3 Å². The molecule has 7 atom stereocenters. The molecule has 3 aliphatic rings. The first-order valence-electron chi connectivity index (χ1n) is 12.6. The van der Waals surface area contributed by atoms with Crippen molar-refractivity contribution < 1.29 is 17.6 Å². The average Bonchev–Trinajstić information content (AvgIpc) is 3.02. The molecule has 0 nitrogen and oxygen atoms in total. The van der Waals surface area contributed by atoms with Crippen LogP contribution < -0.4 is 0 Å². The zero-order chi connectivity index (χ0) is 23.3. The topological polar surface area (TPSA) is 0 Å². The van der Waals surface area contributed by atoms with Crippen molar-refractivity contribution in [2.24, 2.45) is 35.0 Å². The summed E-state index contributed by atoms with van der Waals surface area (Å²) in [4.78, 5) is 0. The van der Waals surface area contributed by atoms with E-state index in [-0.39, 0.29) is 12.3 Å². The molecule has 4 heteroatoms. The molecule has 0 aliphatic heterocycles. The van der Waals surface area contributed by atoms with Crippen molar-refractivity contribution in [2.45, 2.75) is 118 Å². The minimum Gasteiger partial charge on any atom is -0.238 e. The standard InChI is InChI=1S/C22H34F4.2C2H6/c1-5-7-16-15(6-2)8-9-18-17(16)10-12-20(4)19(18)11-13-21(20,23)14(3)22(24,25)26;2*1-2/h15-19H,3,5-13H2,1-2,4H3;2*1-2H3. The number of rotatable bonds is 4. The maximum absolute atomic E-state index is 15.8. The van der Waals surface area contributed by atoms with Gasteiger partial charge in [0.15, 0.2) is 0 Å². The maximum atomic E-state index is 15.8. The van der Waals surface area contributed by atoms with Crippen molar-refractivity contribution in [2.75, 3.05) is 0 Å². The fourth-order valence-corrected chi connectivity index (χ4v) is 7.23. The molecule has 0 heterocycles. The van der Waals surface area contributed by atoms with Crippen LogP contribution in [0.3, 0.4) is 0 Å². The summed E-state index contributed by atoms with van der Waals surface area (Å²) in [6.45, 7) is 17.5. The van der Waals surface area contributed by atoms with Gasteiger partial charge in [-0.15, -0.1) is 0 Å². The van der Waals surface area contributed by atoms with Gasteiger partial charge < -0.3 is 0 Å². The summed E-state index contributed by atoms with van der Waals surface area (Å²) >= 11 is 0. The maximum Gasteiger partial charge on any atom is 0.415 e. The van der Waals surface area contributed by atoms with Gasteiger partial charge in [0.2, 0.25) is 0 Å². The molecule has 30 heavy (non-hydrogen) atoms. The Hall–Kier alpha value is -0.540. The molecular weight excluding hydrogens is 388 g/mol. The molecule has 0 amide bonds. The van der Waals surface area contributed by atoms with Gasteiger partial charge >= 0.3 is 6.18 Å². The molecule has 0 spiro atoms.